The lowest BCUT2D eigenvalue weighted by Crippen LogP contribution is -2.40. The van der Waals surface area contributed by atoms with Crippen LogP contribution in [-0.4, -0.2) is 20.8 Å². The van der Waals surface area contributed by atoms with E-state index in [9.17, 15) is 13.2 Å². The summed E-state index contributed by atoms with van der Waals surface area (Å²) in [6, 6.07) is -0.207. The fourth-order valence-corrected chi connectivity index (χ4v) is 1.85. The van der Waals surface area contributed by atoms with Gasteiger partial charge in [0.1, 0.15) is 5.82 Å². The van der Waals surface area contributed by atoms with E-state index in [4.69, 9.17) is 0 Å². The van der Waals surface area contributed by atoms with E-state index in [-0.39, 0.29) is 31.0 Å². The second kappa shape index (κ2) is 4.21. The van der Waals surface area contributed by atoms with Crippen molar-refractivity contribution in [2.24, 2.45) is 0 Å². The molecule has 0 fully saturated rings. The van der Waals surface area contributed by atoms with E-state index >= 15 is 0 Å². The summed E-state index contributed by atoms with van der Waals surface area (Å²) < 4.78 is 38.7. The third-order valence-electron chi connectivity index (χ3n) is 2.41. The van der Waals surface area contributed by atoms with Crippen molar-refractivity contribution >= 4 is 12.4 Å². The number of aromatic nitrogens is 3. The van der Waals surface area contributed by atoms with Crippen molar-refractivity contribution in [3.05, 3.63) is 11.6 Å². The number of rotatable bonds is 0. The molecule has 0 amide bonds. The van der Waals surface area contributed by atoms with Crippen LogP contribution in [0, 0.1) is 0 Å². The first-order valence-corrected chi connectivity index (χ1v) is 4.66. The van der Waals surface area contributed by atoms with Crippen molar-refractivity contribution in [1.29, 1.82) is 0 Å². The molecule has 0 aliphatic carbocycles. The number of alkyl halides is 3. The zero-order chi connectivity index (χ0) is 11.2. The van der Waals surface area contributed by atoms with Crippen molar-refractivity contribution in [2.45, 2.75) is 38.7 Å². The largest absolute Gasteiger partial charge is 0.451 e. The number of nitrogens with zero attached hydrogens (tertiary/aromatic N) is 3. The van der Waals surface area contributed by atoms with Crippen molar-refractivity contribution < 1.29 is 13.2 Å². The zero-order valence-corrected chi connectivity index (χ0v) is 9.56. The summed E-state index contributed by atoms with van der Waals surface area (Å²) in [5.74, 6) is -0.557. The number of halogens is 4. The van der Waals surface area contributed by atoms with Crippen LogP contribution in [0.3, 0.4) is 0 Å². The van der Waals surface area contributed by atoms with Gasteiger partial charge in [-0.05, 0) is 13.8 Å². The summed E-state index contributed by atoms with van der Waals surface area (Å²) >= 11 is 0. The minimum atomic E-state index is -4.43. The molecule has 1 aromatic rings. The molecular formula is C8H12ClF3N4. The molecule has 0 spiro atoms. The Hall–Kier alpha value is -0.820. The Kier molecular flexibility index (Phi) is 3.49. The van der Waals surface area contributed by atoms with Gasteiger partial charge in [0.2, 0.25) is 5.82 Å². The maximum Gasteiger partial charge on any atom is 0.451 e. The molecule has 2 unspecified atom stereocenters. The van der Waals surface area contributed by atoms with Gasteiger partial charge < -0.3 is 9.88 Å². The van der Waals surface area contributed by atoms with E-state index < -0.39 is 12.0 Å². The summed E-state index contributed by atoms with van der Waals surface area (Å²) in [7, 11) is 0. The third-order valence-corrected chi connectivity index (χ3v) is 2.41. The second-order valence-corrected chi connectivity index (χ2v) is 3.78. The van der Waals surface area contributed by atoms with Crippen LogP contribution in [0.4, 0.5) is 13.2 Å². The van der Waals surface area contributed by atoms with Crippen LogP contribution < -0.4 is 5.32 Å². The molecule has 0 saturated carbocycles. The van der Waals surface area contributed by atoms with Crippen LogP contribution in [0.5, 0.6) is 0 Å². The van der Waals surface area contributed by atoms with E-state index in [1.54, 1.807) is 6.92 Å². The molecule has 8 heteroatoms. The molecule has 2 heterocycles. The van der Waals surface area contributed by atoms with Crippen LogP contribution in [0.15, 0.2) is 0 Å². The summed E-state index contributed by atoms with van der Waals surface area (Å²) in [6.07, 6.45) is -4.43. The van der Waals surface area contributed by atoms with Crippen LogP contribution in [0.25, 0.3) is 0 Å². The first-order valence-electron chi connectivity index (χ1n) is 4.66. The minimum Gasteiger partial charge on any atom is -0.304 e. The minimum absolute atomic E-state index is 0. The smallest absolute Gasteiger partial charge is 0.304 e. The van der Waals surface area contributed by atoms with Crippen molar-refractivity contribution in [3.8, 4) is 0 Å². The molecule has 2 rings (SSSR count). The molecule has 0 bridgehead atoms. The van der Waals surface area contributed by atoms with Gasteiger partial charge in [0.25, 0.3) is 0 Å². The molecule has 92 valence electrons. The quantitative estimate of drug-likeness (QED) is 0.769. The molecular weight excluding hydrogens is 245 g/mol. The molecule has 0 aromatic carbocycles. The van der Waals surface area contributed by atoms with Gasteiger partial charge in [-0.2, -0.15) is 13.2 Å². The molecule has 4 nitrogen and oxygen atoms in total. The Balaban J connectivity index is 0.00000128. The van der Waals surface area contributed by atoms with E-state index in [0.29, 0.717) is 5.82 Å². The molecule has 1 aliphatic heterocycles. The molecule has 1 N–H and O–H groups in total. The van der Waals surface area contributed by atoms with E-state index in [1.165, 1.54) is 0 Å². The lowest BCUT2D eigenvalue weighted by molar-refractivity contribution is -0.147. The monoisotopic (exact) mass is 256 g/mol. The highest BCUT2D eigenvalue weighted by Crippen LogP contribution is 2.30. The SMILES string of the molecule is CC1Cn2c(nnc2C(F)(F)F)C(C)N1.Cl. The Morgan fingerprint density at radius 1 is 1.31 bits per heavy atom. The third kappa shape index (κ3) is 2.15. The maximum absolute atomic E-state index is 12.5. The van der Waals surface area contributed by atoms with Gasteiger partial charge in [0.15, 0.2) is 0 Å². The number of hydrogen-bond acceptors (Lipinski definition) is 3. The fraction of sp³-hybridized carbons (Fsp3) is 0.750. The van der Waals surface area contributed by atoms with E-state index in [0.717, 1.165) is 4.57 Å². The first kappa shape index (κ1) is 13.2. The van der Waals surface area contributed by atoms with E-state index in [1.807, 2.05) is 6.92 Å². The molecule has 0 radical (unpaired) electrons. The number of nitrogens with one attached hydrogen (secondary N) is 1. The molecule has 16 heavy (non-hydrogen) atoms. The average molecular weight is 257 g/mol. The molecule has 0 saturated heterocycles. The Labute approximate surface area is 96.6 Å². The van der Waals surface area contributed by atoms with Crippen LogP contribution in [0.2, 0.25) is 0 Å². The van der Waals surface area contributed by atoms with Crippen LogP contribution in [0.1, 0.15) is 31.5 Å². The number of hydrogen-bond donors (Lipinski definition) is 1. The lowest BCUT2D eigenvalue weighted by atomic mass is 10.2. The lowest BCUT2D eigenvalue weighted by Gasteiger charge is -2.27. The summed E-state index contributed by atoms with van der Waals surface area (Å²) in [6.45, 7) is 3.86. The van der Waals surface area contributed by atoms with Crippen molar-refractivity contribution in [1.82, 2.24) is 20.1 Å². The van der Waals surface area contributed by atoms with Crippen molar-refractivity contribution in [2.75, 3.05) is 0 Å². The van der Waals surface area contributed by atoms with Gasteiger partial charge >= 0.3 is 6.18 Å². The standard InChI is InChI=1S/C8H11F3N4.ClH/c1-4-3-15-6(5(2)12-4)13-14-7(15)8(9,10)11;/h4-5,12H,3H2,1-2H3;1H. The van der Waals surface area contributed by atoms with Gasteiger partial charge in [-0.3, -0.25) is 0 Å². The van der Waals surface area contributed by atoms with Crippen molar-refractivity contribution in [3.63, 3.8) is 0 Å². The van der Waals surface area contributed by atoms with Crippen LogP contribution in [-0.2, 0) is 12.7 Å². The Morgan fingerprint density at radius 2 is 1.94 bits per heavy atom. The van der Waals surface area contributed by atoms with Gasteiger partial charge in [-0.1, -0.05) is 0 Å². The average Bonchev–Trinajstić information content (AvgIpc) is 2.45. The molecule has 2 atom stereocenters. The highest BCUT2D eigenvalue weighted by atomic mass is 35.5. The predicted octanol–water partition coefficient (Wildman–Crippen LogP) is 1.77. The predicted molar refractivity (Wildman–Crippen MR) is 53.3 cm³/mol. The van der Waals surface area contributed by atoms with Crippen LogP contribution >= 0.6 is 12.4 Å². The highest BCUT2D eigenvalue weighted by molar-refractivity contribution is 5.85. The first-order chi connectivity index (χ1) is 6.89. The summed E-state index contributed by atoms with van der Waals surface area (Å²) in [5, 5.41) is 9.88. The molecule has 1 aromatic heterocycles. The maximum atomic E-state index is 12.5. The van der Waals surface area contributed by atoms with E-state index in [2.05, 4.69) is 15.5 Å². The zero-order valence-electron chi connectivity index (χ0n) is 8.75. The molecule has 1 aliphatic rings. The van der Waals surface area contributed by atoms with Gasteiger partial charge in [0.05, 0.1) is 6.04 Å². The Morgan fingerprint density at radius 3 is 2.50 bits per heavy atom. The number of fused-ring (bicyclic) bond motifs is 1. The van der Waals surface area contributed by atoms with Gasteiger partial charge in [-0.25, -0.2) is 0 Å². The summed E-state index contributed by atoms with van der Waals surface area (Å²) in [5.41, 5.74) is 0. The van der Waals surface area contributed by atoms with Gasteiger partial charge in [-0.15, -0.1) is 22.6 Å². The summed E-state index contributed by atoms with van der Waals surface area (Å²) in [4.78, 5) is 0. The topological polar surface area (TPSA) is 42.7 Å². The normalized spacial score (nSPS) is 24.8. The van der Waals surface area contributed by atoms with Gasteiger partial charge in [0, 0.05) is 12.6 Å². The Bertz CT molecular complexity index is 376. The fourth-order valence-electron chi connectivity index (χ4n) is 1.85. The second-order valence-electron chi connectivity index (χ2n) is 3.78. The highest BCUT2D eigenvalue weighted by Gasteiger charge is 2.40.